The lowest BCUT2D eigenvalue weighted by Crippen LogP contribution is -2.33. The second-order valence-corrected chi connectivity index (χ2v) is 6.84. The van der Waals surface area contributed by atoms with Crippen molar-refractivity contribution in [3.63, 3.8) is 0 Å². The van der Waals surface area contributed by atoms with E-state index in [9.17, 15) is 4.79 Å². The number of carbonyl (C=O) groups excluding carboxylic acids is 1. The van der Waals surface area contributed by atoms with Crippen LogP contribution >= 0.6 is 11.3 Å². The standard InChI is InChI=1S/C15H24N2OS/c1-11(2)13-9-17(10-14(13)16)15(18)7-3-5-12-6-4-8-19-12/h4,6,8,11,13-14H,3,5,7,9-10,16H2,1-2H3/t13-,14+/m1/s1. The molecule has 2 rings (SSSR count). The van der Waals surface area contributed by atoms with Crippen molar-refractivity contribution < 1.29 is 4.79 Å². The molecule has 1 aliphatic heterocycles. The maximum Gasteiger partial charge on any atom is 0.222 e. The fourth-order valence-corrected chi connectivity index (χ4v) is 3.54. The summed E-state index contributed by atoms with van der Waals surface area (Å²) in [4.78, 5) is 15.5. The van der Waals surface area contributed by atoms with Gasteiger partial charge < -0.3 is 10.6 Å². The lowest BCUT2D eigenvalue weighted by molar-refractivity contribution is -0.130. The van der Waals surface area contributed by atoms with Crippen molar-refractivity contribution in [1.82, 2.24) is 4.90 Å². The van der Waals surface area contributed by atoms with E-state index in [1.54, 1.807) is 11.3 Å². The minimum Gasteiger partial charge on any atom is -0.341 e. The zero-order valence-electron chi connectivity index (χ0n) is 11.8. The predicted molar refractivity (Wildman–Crippen MR) is 80.1 cm³/mol. The van der Waals surface area contributed by atoms with E-state index in [4.69, 9.17) is 5.73 Å². The van der Waals surface area contributed by atoms with Crippen molar-refractivity contribution >= 4 is 17.2 Å². The van der Waals surface area contributed by atoms with Gasteiger partial charge >= 0.3 is 0 Å². The Morgan fingerprint density at radius 1 is 1.53 bits per heavy atom. The maximum absolute atomic E-state index is 12.2. The molecule has 0 unspecified atom stereocenters. The number of carbonyl (C=O) groups is 1. The van der Waals surface area contributed by atoms with Crippen LogP contribution in [-0.2, 0) is 11.2 Å². The number of rotatable bonds is 5. The topological polar surface area (TPSA) is 46.3 Å². The van der Waals surface area contributed by atoms with Crippen LogP contribution in [-0.4, -0.2) is 29.9 Å². The van der Waals surface area contributed by atoms with E-state index in [0.29, 0.717) is 18.3 Å². The van der Waals surface area contributed by atoms with Crippen molar-refractivity contribution in [2.24, 2.45) is 17.6 Å². The van der Waals surface area contributed by atoms with Gasteiger partial charge in [-0.05, 0) is 36.1 Å². The van der Waals surface area contributed by atoms with Crippen molar-refractivity contribution in [2.75, 3.05) is 13.1 Å². The molecular formula is C15H24N2OS. The maximum atomic E-state index is 12.2. The first-order chi connectivity index (χ1) is 9.08. The summed E-state index contributed by atoms with van der Waals surface area (Å²) in [5.74, 6) is 1.29. The average molecular weight is 280 g/mol. The number of aryl methyl sites for hydroxylation is 1. The van der Waals surface area contributed by atoms with Gasteiger partial charge in [-0.2, -0.15) is 0 Å². The van der Waals surface area contributed by atoms with Crippen LogP contribution in [0.1, 0.15) is 31.6 Å². The van der Waals surface area contributed by atoms with Gasteiger partial charge in [0.25, 0.3) is 0 Å². The van der Waals surface area contributed by atoms with Crippen LogP contribution in [0.2, 0.25) is 0 Å². The molecule has 106 valence electrons. The van der Waals surface area contributed by atoms with Crippen molar-refractivity contribution in [3.8, 4) is 0 Å². The third-order valence-corrected chi connectivity index (χ3v) is 4.95. The molecular weight excluding hydrogens is 256 g/mol. The number of hydrogen-bond acceptors (Lipinski definition) is 3. The zero-order chi connectivity index (χ0) is 13.8. The molecule has 4 heteroatoms. The van der Waals surface area contributed by atoms with Gasteiger partial charge in [0.1, 0.15) is 0 Å². The molecule has 0 bridgehead atoms. The quantitative estimate of drug-likeness (QED) is 0.901. The molecule has 1 aliphatic rings. The van der Waals surface area contributed by atoms with E-state index in [1.165, 1.54) is 4.88 Å². The molecule has 1 aromatic rings. The summed E-state index contributed by atoms with van der Waals surface area (Å²) in [5, 5.41) is 2.09. The molecule has 0 radical (unpaired) electrons. The lowest BCUT2D eigenvalue weighted by Gasteiger charge is -2.18. The number of thiophene rings is 1. The lowest BCUT2D eigenvalue weighted by atomic mass is 9.92. The van der Waals surface area contributed by atoms with Crippen LogP contribution in [0.4, 0.5) is 0 Å². The zero-order valence-corrected chi connectivity index (χ0v) is 12.7. The summed E-state index contributed by atoms with van der Waals surface area (Å²) in [6, 6.07) is 4.35. The fourth-order valence-electron chi connectivity index (χ4n) is 2.79. The highest BCUT2D eigenvalue weighted by Gasteiger charge is 2.34. The van der Waals surface area contributed by atoms with E-state index in [1.807, 2.05) is 4.90 Å². The first-order valence-corrected chi connectivity index (χ1v) is 8.01. The number of nitrogens with zero attached hydrogens (tertiary/aromatic N) is 1. The summed E-state index contributed by atoms with van der Waals surface area (Å²) in [7, 11) is 0. The summed E-state index contributed by atoms with van der Waals surface area (Å²) in [6.45, 7) is 5.96. The molecule has 2 N–H and O–H groups in total. The normalized spacial score (nSPS) is 23.3. The van der Waals surface area contributed by atoms with Crippen molar-refractivity contribution in [2.45, 2.75) is 39.2 Å². The first kappa shape index (κ1) is 14.5. The number of nitrogens with two attached hydrogens (primary N) is 1. The second-order valence-electron chi connectivity index (χ2n) is 5.80. The predicted octanol–water partition coefficient (Wildman–Crippen LogP) is 2.51. The summed E-state index contributed by atoms with van der Waals surface area (Å²) in [6.07, 6.45) is 2.60. The molecule has 0 saturated carbocycles. The second kappa shape index (κ2) is 6.53. The molecule has 1 saturated heterocycles. The highest BCUT2D eigenvalue weighted by molar-refractivity contribution is 7.09. The van der Waals surface area contributed by atoms with Crippen LogP contribution < -0.4 is 5.73 Å². The Balaban J connectivity index is 1.75. The van der Waals surface area contributed by atoms with Crippen LogP contribution in [0.25, 0.3) is 0 Å². The Hall–Kier alpha value is -0.870. The van der Waals surface area contributed by atoms with E-state index in [0.717, 1.165) is 25.9 Å². The molecule has 2 atom stereocenters. The van der Waals surface area contributed by atoms with Gasteiger partial charge in [0, 0.05) is 30.4 Å². The van der Waals surface area contributed by atoms with E-state index in [2.05, 4.69) is 31.4 Å². The number of hydrogen-bond donors (Lipinski definition) is 1. The summed E-state index contributed by atoms with van der Waals surface area (Å²) in [5.41, 5.74) is 6.12. The molecule has 0 spiro atoms. The first-order valence-electron chi connectivity index (χ1n) is 7.13. The van der Waals surface area contributed by atoms with Gasteiger partial charge in [-0.3, -0.25) is 4.79 Å². The van der Waals surface area contributed by atoms with Crippen LogP contribution in [0, 0.1) is 11.8 Å². The van der Waals surface area contributed by atoms with E-state index in [-0.39, 0.29) is 11.9 Å². The molecule has 3 nitrogen and oxygen atoms in total. The van der Waals surface area contributed by atoms with Crippen LogP contribution in [0.5, 0.6) is 0 Å². The van der Waals surface area contributed by atoms with Crippen LogP contribution in [0.15, 0.2) is 17.5 Å². The van der Waals surface area contributed by atoms with E-state index >= 15 is 0 Å². The molecule has 0 aliphatic carbocycles. The van der Waals surface area contributed by atoms with Gasteiger partial charge in [0.2, 0.25) is 5.91 Å². The number of amides is 1. The fraction of sp³-hybridized carbons (Fsp3) is 0.667. The molecule has 2 heterocycles. The molecule has 1 aromatic heterocycles. The average Bonchev–Trinajstić information content (AvgIpc) is 2.98. The minimum absolute atomic E-state index is 0.154. The van der Waals surface area contributed by atoms with Crippen LogP contribution in [0.3, 0.4) is 0 Å². The largest absolute Gasteiger partial charge is 0.341 e. The molecule has 1 amide bonds. The molecule has 1 fully saturated rings. The Bertz CT molecular complexity index is 402. The third-order valence-electron chi connectivity index (χ3n) is 4.02. The molecule has 19 heavy (non-hydrogen) atoms. The van der Waals surface area contributed by atoms with Gasteiger partial charge in [-0.15, -0.1) is 11.3 Å². The van der Waals surface area contributed by atoms with Gasteiger partial charge in [-0.1, -0.05) is 19.9 Å². The number of likely N-dealkylation sites (tertiary alicyclic amines) is 1. The van der Waals surface area contributed by atoms with Gasteiger partial charge in [0.15, 0.2) is 0 Å². The SMILES string of the molecule is CC(C)[C@H]1CN(C(=O)CCCc2cccs2)C[C@@H]1N. The summed E-state index contributed by atoms with van der Waals surface area (Å²) < 4.78 is 0. The monoisotopic (exact) mass is 280 g/mol. The highest BCUT2D eigenvalue weighted by atomic mass is 32.1. The van der Waals surface area contributed by atoms with E-state index < -0.39 is 0 Å². The smallest absolute Gasteiger partial charge is 0.222 e. The Kier molecular flexibility index (Phi) is 4.99. The minimum atomic E-state index is 0.154. The van der Waals surface area contributed by atoms with Crippen molar-refractivity contribution in [3.05, 3.63) is 22.4 Å². The van der Waals surface area contributed by atoms with Crippen molar-refractivity contribution in [1.29, 1.82) is 0 Å². The summed E-state index contributed by atoms with van der Waals surface area (Å²) >= 11 is 1.77. The van der Waals surface area contributed by atoms with Gasteiger partial charge in [-0.25, -0.2) is 0 Å². The molecule has 0 aromatic carbocycles. The Labute approximate surface area is 119 Å². The third kappa shape index (κ3) is 3.80. The Morgan fingerprint density at radius 2 is 2.32 bits per heavy atom. The Morgan fingerprint density at radius 3 is 2.89 bits per heavy atom. The highest BCUT2D eigenvalue weighted by Crippen LogP contribution is 2.24. The van der Waals surface area contributed by atoms with Gasteiger partial charge in [0.05, 0.1) is 0 Å².